The van der Waals surface area contributed by atoms with Gasteiger partial charge in [0, 0.05) is 11.6 Å². The van der Waals surface area contributed by atoms with Crippen molar-refractivity contribution >= 4 is 0 Å². The zero-order valence-corrected chi connectivity index (χ0v) is 10.5. The number of hydrogen-bond acceptors (Lipinski definition) is 1. The average molecular weight is 207 g/mol. The molecule has 4 fully saturated rings. The third-order valence-electron chi connectivity index (χ3n) is 5.53. The van der Waals surface area contributed by atoms with Crippen LogP contribution in [0.25, 0.3) is 0 Å². The van der Waals surface area contributed by atoms with Crippen LogP contribution in [-0.2, 0) is 0 Å². The summed E-state index contributed by atoms with van der Waals surface area (Å²) in [5.41, 5.74) is 0.614. The van der Waals surface area contributed by atoms with Crippen LogP contribution in [-0.4, -0.2) is 23.5 Å². The monoisotopic (exact) mass is 207 g/mol. The highest BCUT2D eigenvalue weighted by molar-refractivity contribution is 5.07. The molecule has 0 saturated heterocycles. The summed E-state index contributed by atoms with van der Waals surface area (Å²) in [6.07, 6.45) is 9.20. The lowest BCUT2D eigenvalue weighted by Gasteiger charge is -2.60. The molecule has 0 radical (unpaired) electrons. The van der Waals surface area contributed by atoms with Gasteiger partial charge in [-0.3, -0.25) is 4.90 Å². The zero-order chi connectivity index (χ0) is 10.6. The van der Waals surface area contributed by atoms with Crippen LogP contribution < -0.4 is 0 Å². The molecule has 0 unspecified atom stereocenters. The van der Waals surface area contributed by atoms with E-state index in [1.807, 2.05) is 0 Å². The van der Waals surface area contributed by atoms with Crippen LogP contribution in [0.1, 0.15) is 52.4 Å². The molecule has 0 heterocycles. The first kappa shape index (κ1) is 10.1. The van der Waals surface area contributed by atoms with Gasteiger partial charge in [0.15, 0.2) is 0 Å². The first-order valence-corrected chi connectivity index (χ1v) is 6.82. The van der Waals surface area contributed by atoms with Crippen LogP contribution in [0.4, 0.5) is 0 Å². The minimum atomic E-state index is 0.614. The van der Waals surface area contributed by atoms with Crippen molar-refractivity contribution < 1.29 is 0 Å². The maximum absolute atomic E-state index is 2.71. The largest absolute Gasteiger partial charge is 0.298 e. The Morgan fingerprint density at radius 2 is 1.33 bits per heavy atom. The van der Waals surface area contributed by atoms with Crippen molar-refractivity contribution in [2.75, 3.05) is 7.05 Å². The van der Waals surface area contributed by atoms with Crippen molar-refractivity contribution in [1.29, 1.82) is 0 Å². The standard InChI is InChI=1S/C14H25N/c1-10(2)15(3)14-7-11-4-12(8-14)6-13(5-11)9-14/h10-13H,4-9H2,1-3H3. The summed E-state index contributed by atoms with van der Waals surface area (Å²) < 4.78 is 0. The van der Waals surface area contributed by atoms with Gasteiger partial charge in [0.05, 0.1) is 0 Å². The van der Waals surface area contributed by atoms with Crippen molar-refractivity contribution in [3.05, 3.63) is 0 Å². The van der Waals surface area contributed by atoms with Crippen LogP contribution >= 0.6 is 0 Å². The molecule has 4 bridgehead atoms. The maximum atomic E-state index is 2.71. The summed E-state index contributed by atoms with van der Waals surface area (Å²) in [5.74, 6) is 3.24. The van der Waals surface area contributed by atoms with E-state index in [-0.39, 0.29) is 0 Å². The molecule has 0 amide bonds. The quantitative estimate of drug-likeness (QED) is 0.671. The summed E-state index contributed by atoms with van der Waals surface area (Å²) >= 11 is 0. The van der Waals surface area contributed by atoms with E-state index in [0.717, 1.165) is 23.8 Å². The van der Waals surface area contributed by atoms with Gasteiger partial charge in [-0.25, -0.2) is 0 Å². The van der Waals surface area contributed by atoms with Gasteiger partial charge in [-0.2, -0.15) is 0 Å². The SMILES string of the molecule is CC(C)N(C)C12CC3CC(CC(C3)C1)C2. The Labute approximate surface area is 94.2 Å². The van der Waals surface area contributed by atoms with Crippen molar-refractivity contribution in [3.8, 4) is 0 Å². The van der Waals surface area contributed by atoms with Gasteiger partial charge >= 0.3 is 0 Å². The summed E-state index contributed by atoms with van der Waals surface area (Å²) in [7, 11) is 2.37. The Kier molecular flexibility index (Phi) is 2.18. The van der Waals surface area contributed by atoms with E-state index in [1.165, 1.54) is 19.3 Å². The van der Waals surface area contributed by atoms with Crippen molar-refractivity contribution in [2.45, 2.75) is 64.0 Å². The molecule has 86 valence electrons. The zero-order valence-electron chi connectivity index (χ0n) is 10.5. The topological polar surface area (TPSA) is 3.24 Å². The van der Waals surface area contributed by atoms with Crippen LogP contribution in [0.2, 0.25) is 0 Å². The fourth-order valence-corrected chi connectivity index (χ4v) is 5.04. The van der Waals surface area contributed by atoms with Gasteiger partial charge < -0.3 is 0 Å². The Hall–Kier alpha value is -0.0400. The van der Waals surface area contributed by atoms with Gasteiger partial charge in [0.25, 0.3) is 0 Å². The maximum Gasteiger partial charge on any atom is 0.0217 e. The van der Waals surface area contributed by atoms with Crippen LogP contribution in [0, 0.1) is 17.8 Å². The van der Waals surface area contributed by atoms with Crippen LogP contribution in [0.3, 0.4) is 0 Å². The molecule has 1 nitrogen and oxygen atoms in total. The van der Waals surface area contributed by atoms with E-state index in [0.29, 0.717) is 5.54 Å². The predicted molar refractivity (Wildman–Crippen MR) is 63.8 cm³/mol. The molecule has 0 N–H and O–H groups in total. The van der Waals surface area contributed by atoms with Crippen LogP contribution in [0.5, 0.6) is 0 Å². The van der Waals surface area contributed by atoms with Gasteiger partial charge in [-0.1, -0.05) is 0 Å². The molecule has 15 heavy (non-hydrogen) atoms. The molecule has 4 aliphatic rings. The molecule has 0 aromatic heterocycles. The Morgan fingerprint density at radius 1 is 0.933 bits per heavy atom. The molecule has 0 aromatic carbocycles. The summed E-state index contributed by atoms with van der Waals surface area (Å²) in [4.78, 5) is 2.71. The summed E-state index contributed by atoms with van der Waals surface area (Å²) in [6, 6.07) is 0.723. The second-order valence-corrected chi connectivity index (χ2v) is 6.85. The highest BCUT2D eigenvalue weighted by atomic mass is 15.2. The van der Waals surface area contributed by atoms with E-state index in [9.17, 15) is 0 Å². The first-order valence-electron chi connectivity index (χ1n) is 6.82. The van der Waals surface area contributed by atoms with Gasteiger partial charge in [0.2, 0.25) is 0 Å². The Morgan fingerprint density at radius 3 is 1.67 bits per heavy atom. The van der Waals surface area contributed by atoms with Gasteiger partial charge in [-0.05, 0) is 77.2 Å². The molecular formula is C14H25N. The second-order valence-electron chi connectivity index (χ2n) is 6.85. The highest BCUT2D eigenvalue weighted by Gasteiger charge is 2.52. The third-order valence-corrected chi connectivity index (χ3v) is 5.53. The highest BCUT2D eigenvalue weighted by Crippen LogP contribution is 2.57. The van der Waals surface area contributed by atoms with E-state index in [4.69, 9.17) is 0 Å². The third kappa shape index (κ3) is 1.46. The minimum absolute atomic E-state index is 0.614. The fraction of sp³-hybridized carbons (Fsp3) is 1.00. The van der Waals surface area contributed by atoms with Crippen molar-refractivity contribution in [3.63, 3.8) is 0 Å². The summed E-state index contributed by atoms with van der Waals surface area (Å²) in [5, 5.41) is 0. The molecule has 0 aromatic rings. The molecule has 0 atom stereocenters. The molecular weight excluding hydrogens is 182 g/mol. The lowest BCUT2D eigenvalue weighted by molar-refractivity contribution is -0.0891. The lowest BCUT2D eigenvalue weighted by atomic mass is 9.52. The molecule has 4 aliphatic carbocycles. The Bertz CT molecular complexity index is 221. The van der Waals surface area contributed by atoms with Crippen molar-refractivity contribution in [2.24, 2.45) is 17.8 Å². The lowest BCUT2D eigenvalue weighted by Crippen LogP contribution is -2.60. The van der Waals surface area contributed by atoms with Crippen molar-refractivity contribution in [1.82, 2.24) is 4.90 Å². The predicted octanol–water partition coefficient (Wildman–Crippen LogP) is 3.30. The molecule has 4 saturated carbocycles. The van der Waals surface area contributed by atoms with Gasteiger partial charge in [0.1, 0.15) is 0 Å². The summed E-state index contributed by atoms with van der Waals surface area (Å²) in [6.45, 7) is 4.72. The van der Waals surface area contributed by atoms with Crippen LogP contribution in [0.15, 0.2) is 0 Å². The number of hydrogen-bond donors (Lipinski definition) is 0. The average Bonchev–Trinajstić information content (AvgIpc) is 2.14. The smallest absolute Gasteiger partial charge is 0.0217 e. The molecule has 4 rings (SSSR count). The van der Waals surface area contributed by atoms with E-state index in [1.54, 1.807) is 19.3 Å². The number of rotatable bonds is 2. The fourth-order valence-electron chi connectivity index (χ4n) is 5.04. The molecule has 0 spiro atoms. The minimum Gasteiger partial charge on any atom is -0.298 e. The molecule has 1 heteroatoms. The van der Waals surface area contributed by atoms with E-state index < -0.39 is 0 Å². The second kappa shape index (κ2) is 3.23. The van der Waals surface area contributed by atoms with E-state index in [2.05, 4.69) is 25.8 Å². The Balaban J connectivity index is 1.86. The van der Waals surface area contributed by atoms with Gasteiger partial charge in [-0.15, -0.1) is 0 Å². The normalized spacial score (nSPS) is 48.2. The molecule has 0 aliphatic heterocycles. The van der Waals surface area contributed by atoms with E-state index >= 15 is 0 Å². The first-order chi connectivity index (χ1) is 7.09. The number of nitrogens with zero attached hydrogens (tertiary/aromatic N) is 1.